The highest BCUT2D eigenvalue weighted by molar-refractivity contribution is 5.76. The number of rotatable bonds is 8. The Morgan fingerprint density at radius 3 is 2.57 bits per heavy atom. The van der Waals surface area contributed by atoms with Crippen LogP contribution in [0, 0.1) is 6.92 Å². The van der Waals surface area contributed by atoms with Gasteiger partial charge < -0.3 is 14.4 Å². The molecule has 0 aromatic heterocycles. The van der Waals surface area contributed by atoms with E-state index in [0.29, 0.717) is 19.8 Å². The molecule has 0 atom stereocenters. The molecule has 0 spiro atoms. The van der Waals surface area contributed by atoms with Crippen molar-refractivity contribution in [3.05, 3.63) is 65.7 Å². The van der Waals surface area contributed by atoms with Crippen LogP contribution < -0.4 is 4.90 Å². The molecule has 0 radical (unpaired) electrons. The summed E-state index contributed by atoms with van der Waals surface area (Å²) in [5.74, 6) is -0.244. The Labute approximate surface area is 137 Å². The van der Waals surface area contributed by atoms with Crippen LogP contribution in [0.1, 0.15) is 11.1 Å². The number of methoxy groups -OCH3 is 1. The highest BCUT2D eigenvalue weighted by Gasteiger charge is 2.13. The number of hydrogen-bond acceptors (Lipinski definition) is 4. The predicted molar refractivity (Wildman–Crippen MR) is 91.5 cm³/mol. The van der Waals surface area contributed by atoms with Gasteiger partial charge in [0.2, 0.25) is 0 Å². The van der Waals surface area contributed by atoms with E-state index in [1.807, 2.05) is 60.4 Å². The molecule has 0 unspecified atom stereocenters. The van der Waals surface area contributed by atoms with Gasteiger partial charge in [-0.15, -0.1) is 0 Å². The van der Waals surface area contributed by atoms with Crippen molar-refractivity contribution in [1.82, 2.24) is 0 Å². The van der Waals surface area contributed by atoms with Gasteiger partial charge in [-0.25, -0.2) is 0 Å². The molecule has 0 aliphatic heterocycles. The van der Waals surface area contributed by atoms with Gasteiger partial charge >= 0.3 is 5.97 Å². The van der Waals surface area contributed by atoms with Crippen LogP contribution in [0.5, 0.6) is 0 Å². The fourth-order valence-electron chi connectivity index (χ4n) is 2.27. The van der Waals surface area contributed by atoms with Crippen LogP contribution >= 0.6 is 0 Å². The maximum Gasteiger partial charge on any atom is 0.325 e. The zero-order chi connectivity index (χ0) is 16.5. The van der Waals surface area contributed by atoms with E-state index in [1.165, 1.54) is 0 Å². The van der Waals surface area contributed by atoms with E-state index < -0.39 is 0 Å². The summed E-state index contributed by atoms with van der Waals surface area (Å²) in [7, 11) is 1.65. The van der Waals surface area contributed by atoms with Crippen molar-refractivity contribution < 1.29 is 14.3 Å². The van der Waals surface area contributed by atoms with Crippen LogP contribution in [0.3, 0.4) is 0 Å². The summed E-state index contributed by atoms with van der Waals surface area (Å²) in [5.41, 5.74) is 3.14. The summed E-state index contributed by atoms with van der Waals surface area (Å²) >= 11 is 0. The van der Waals surface area contributed by atoms with Crippen LogP contribution in [0.15, 0.2) is 54.6 Å². The van der Waals surface area contributed by atoms with E-state index in [9.17, 15) is 4.79 Å². The summed E-state index contributed by atoms with van der Waals surface area (Å²) in [6, 6.07) is 17.8. The smallest absolute Gasteiger partial charge is 0.325 e. The number of aryl methyl sites for hydroxylation is 1. The first-order valence-electron chi connectivity index (χ1n) is 7.69. The first kappa shape index (κ1) is 17.0. The van der Waals surface area contributed by atoms with E-state index >= 15 is 0 Å². The van der Waals surface area contributed by atoms with Crippen LogP contribution in [0.25, 0.3) is 0 Å². The Morgan fingerprint density at radius 2 is 1.87 bits per heavy atom. The standard InChI is InChI=1S/C19H23NO3/c1-16-7-6-10-18(13-16)20(11-12-22-2)14-19(21)23-15-17-8-4-3-5-9-17/h3-10,13H,11-12,14-15H2,1-2H3. The molecule has 0 saturated carbocycles. The third kappa shape index (κ3) is 5.75. The molecule has 122 valence electrons. The molecule has 0 aliphatic carbocycles. The topological polar surface area (TPSA) is 38.8 Å². The lowest BCUT2D eigenvalue weighted by Gasteiger charge is -2.24. The van der Waals surface area contributed by atoms with Crippen molar-refractivity contribution in [2.75, 3.05) is 31.7 Å². The second-order valence-electron chi connectivity index (χ2n) is 5.40. The third-order valence-electron chi connectivity index (χ3n) is 3.49. The van der Waals surface area contributed by atoms with E-state index in [4.69, 9.17) is 9.47 Å². The number of nitrogens with zero attached hydrogens (tertiary/aromatic N) is 1. The lowest BCUT2D eigenvalue weighted by atomic mass is 10.2. The molecule has 0 heterocycles. The molecular weight excluding hydrogens is 290 g/mol. The number of carbonyl (C=O) groups excluding carboxylic acids is 1. The molecule has 0 fully saturated rings. The maximum atomic E-state index is 12.1. The first-order valence-corrected chi connectivity index (χ1v) is 7.69. The molecule has 2 aromatic carbocycles. The molecule has 0 aliphatic rings. The molecule has 0 bridgehead atoms. The average molecular weight is 313 g/mol. The number of anilines is 1. The molecular formula is C19H23NO3. The van der Waals surface area contributed by atoms with Crippen molar-refractivity contribution in [1.29, 1.82) is 0 Å². The molecule has 0 saturated heterocycles. The highest BCUT2D eigenvalue weighted by Crippen LogP contribution is 2.16. The zero-order valence-corrected chi connectivity index (χ0v) is 13.7. The van der Waals surface area contributed by atoms with Gasteiger partial charge in [0.25, 0.3) is 0 Å². The second-order valence-corrected chi connectivity index (χ2v) is 5.40. The SMILES string of the molecule is COCCN(CC(=O)OCc1ccccc1)c1cccc(C)c1. The lowest BCUT2D eigenvalue weighted by Crippen LogP contribution is -2.33. The number of esters is 1. The predicted octanol–water partition coefficient (Wildman–Crippen LogP) is 3.19. The molecule has 23 heavy (non-hydrogen) atoms. The Kier molecular flexibility index (Phi) is 6.63. The van der Waals surface area contributed by atoms with Crippen molar-refractivity contribution in [3.63, 3.8) is 0 Å². The average Bonchev–Trinajstić information content (AvgIpc) is 2.57. The van der Waals surface area contributed by atoms with Crippen LogP contribution in [-0.2, 0) is 20.9 Å². The molecule has 4 nitrogen and oxygen atoms in total. The summed E-state index contributed by atoms with van der Waals surface area (Å²) in [5, 5.41) is 0. The lowest BCUT2D eigenvalue weighted by molar-refractivity contribution is -0.143. The van der Waals surface area contributed by atoms with Gasteiger partial charge in [-0.05, 0) is 30.2 Å². The minimum Gasteiger partial charge on any atom is -0.459 e. The molecule has 0 N–H and O–H groups in total. The minimum atomic E-state index is -0.244. The van der Waals surface area contributed by atoms with E-state index in [2.05, 4.69) is 6.07 Å². The van der Waals surface area contributed by atoms with Crippen LogP contribution in [0.2, 0.25) is 0 Å². The first-order chi connectivity index (χ1) is 11.2. The normalized spacial score (nSPS) is 10.3. The minimum absolute atomic E-state index is 0.208. The Bertz CT molecular complexity index is 613. The third-order valence-corrected chi connectivity index (χ3v) is 3.49. The molecule has 2 aromatic rings. The zero-order valence-electron chi connectivity index (χ0n) is 13.7. The summed E-state index contributed by atoms with van der Waals surface area (Å²) in [6.45, 7) is 3.73. The Morgan fingerprint density at radius 1 is 1.09 bits per heavy atom. The molecule has 0 amide bonds. The molecule has 4 heteroatoms. The maximum absolute atomic E-state index is 12.1. The van der Waals surface area contributed by atoms with Gasteiger partial charge in [0.1, 0.15) is 13.2 Å². The highest BCUT2D eigenvalue weighted by atomic mass is 16.5. The summed E-state index contributed by atoms with van der Waals surface area (Å²) in [6.07, 6.45) is 0. The monoisotopic (exact) mass is 313 g/mol. The van der Waals surface area contributed by atoms with E-state index in [-0.39, 0.29) is 12.5 Å². The van der Waals surface area contributed by atoms with Gasteiger partial charge in [0, 0.05) is 19.3 Å². The molecule has 2 rings (SSSR count). The van der Waals surface area contributed by atoms with Gasteiger partial charge in [0.15, 0.2) is 0 Å². The number of carbonyl (C=O) groups is 1. The number of hydrogen-bond donors (Lipinski definition) is 0. The van der Waals surface area contributed by atoms with E-state index in [0.717, 1.165) is 16.8 Å². The van der Waals surface area contributed by atoms with Gasteiger partial charge in [-0.2, -0.15) is 0 Å². The summed E-state index contributed by atoms with van der Waals surface area (Å²) < 4.78 is 10.5. The fraction of sp³-hybridized carbons (Fsp3) is 0.316. The number of ether oxygens (including phenoxy) is 2. The van der Waals surface area contributed by atoms with Gasteiger partial charge in [-0.3, -0.25) is 4.79 Å². The Balaban J connectivity index is 1.95. The van der Waals surface area contributed by atoms with Crippen molar-refractivity contribution in [3.8, 4) is 0 Å². The summed E-state index contributed by atoms with van der Waals surface area (Å²) in [4.78, 5) is 14.1. The van der Waals surface area contributed by atoms with E-state index in [1.54, 1.807) is 7.11 Å². The van der Waals surface area contributed by atoms with Crippen molar-refractivity contribution in [2.45, 2.75) is 13.5 Å². The largest absolute Gasteiger partial charge is 0.459 e. The van der Waals surface area contributed by atoms with Gasteiger partial charge in [0.05, 0.1) is 6.61 Å². The second kappa shape index (κ2) is 8.96. The van der Waals surface area contributed by atoms with Crippen LogP contribution in [-0.4, -0.2) is 32.8 Å². The van der Waals surface area contributed by atoms with Crippen molar-refractivity contribution >= 4 is 11.7 Å². The van der Waals surface area contributed by atoms with Crippen LogP contribution in [0.4, 0.5) is 5.69 Å². The van der Waals surface area contributed by atoms with Gasteiger partial charge in [-0.1, -0.05) is 42.5 Å². The Hall–Kier alpha value is -2.33. The number of benzene rings is 2. The quantitative estimate of drug-likeness (QED) is 0.702. The van der Waals surface area contributed by atoms with Crippen molar-refractivity contribution in [2.24, 2.45) is 0 Å². The fourth-order valence-corrected chi connectivity index (χ4v) is 2.27.